The molecule has 8 heteroatoms. The van der Waals surface area contributed by atoms with Gasteiger partial charge in [0.05, 0.1) is 30.3 Å². The summed E-state index contributed by atoms with van der Waals surface area (Å²) in [7, 11) is -3.39. The fourth-order valence-corrected chi connectivity index (χ4v) is 4.00. The quantitative estimate of drug-likeness (QED) is 0.802. The molecule has 1 saturated carbocycles. The third-order valence-electron chi connectivity index (χ3n) is 4.67. The molecule has 0 bridgehead atoms. The smallest absolute Gasteiger partial charge is 0.229 e. The lowest BCUT2D eigenvalue weighted by Crippen LogP contribution is -2.21. The summed E-state index contributed by atoms with van der Waals surface area (Å²) in [4.78, 5) is 4.19. The zero-order valence-electron chi connectivity index (χ0n) is 15.0. The van der Waals surface area contributed by atoms with Gasteiger partial charge in [0.1, 0.15) is 11.6 Å². The Kier molecular flexibility index (Phi) is 6.06. The van der Waals surface area contributed by atoms with Crippen LogP contribution >= 0.6 is 0 Å². The van der Waals surface area contributed by atoms with Crippen molar-refractivity contribution < 1.29 is 21.9 Å². The summed E-state index contributed by atoms with van der Waals surface area (Å²) in [6.07, 6.45) is 5.78. The number of halogens is 2. The molecule has 1 aliphatic rings. The van der Waals surface area contributed by atoms with Gasteiger partial charge in [-0.15, -0.1) is 0 Å². The lowest BCUT2D eigenvalue weighted by atomic mass is 9.82. The van der Waals surface area contributed by atoms with E-state index in [4.69, 9.17) is 4.74 Å². The van der Waals surface area contributed by atoms with Gasteiger partial charge in [-0.1, -0.05) is 0 Å². The van der Waals surface area contributed by atoms with E-state index in [9.17, 15) is 17.2 Å². The van der Waals surface area contributed by atoms with Crippen LogP contribution in [-0.4, -0.2) is 25.8 Å². The summed E-state index contributed by atoms with van der Waals surface area (Å²) in [5.74, 6) is -0.985. The van der Waals surface area contributed by atoms with E-state index >= 15 is 0 Å². The molecule has 1 aromatic heterocycles. The van der Waals surface area contributed by atoms with Crippen molar-refractivity contribution in [1.82, 2.24) is 4.98 Å². The molecule has 1 fully saturated rings. The van der Waals surface area contributed by atoms with Crippen LogP contribution in [0, 0.1) is 11.6 Å². The molecule has 3 rings (SSSR count). The number of aromatic nitrogens is 1. The minimum Gasteiger partial charge on any atom is -0.372 e. The van der Waals surface area contributed by atoms with Gasteiger partial charge in [-0.05, 0) is 61.4 Å². The number of nitrogens with one attached hydrogen (secondary N) is 1. The van der Waals surface area contributed by atoms with Crippen molar-refractivity contribution >= 4 is 15.7 Å². The van der Waals surface area contributed by atoms with Crippen LogP contribution in [0.5, 0.6) is 0 Å². The van der Waals surface area contributed by atoms with Gasteiger partial charge in [0.25, 0.3) is 0 Å². The Morgan fingerprint density at radius 3 is 2.44 bits per heavy atom. The first-order valence-electron chi connectivity index (χ1n) is 8.79. The SMILES string of the molecule is CS(=O)(=O)Nc1cccnc1COC1CCC(c2cc(F)cc(F)c2)CC1. The molecular formula is C19H22F2N2O3S. The van der Waals surface area contributed by atoms with Crippen LogP contribution in [0.3, 0.4) is 0 Å². The van der Waals surface area contributed by atoms with Crippen LogP contribution in [0.1, 0.15) is 42.9 Å². The highest BCUT2D eigenvalue weighted by molar-refractivity contribution is 7.92. The molecule has 1 aromatic carbocycles. The number of hydrogen-bond acceptors (Lipinski definition) is 4. The Labute approximate surface area is 157 Å². The van der Waals surface area contributed by atoms with E-state index in [1.165, 1.54) is 12.1 Å². The summed E-state index contributed by atoms with van der Waals surface area (Å²) < 4.78 is 58.0. The molecule has 0 atom stereocenters. The third-order valence-corrected chi connectivity index (χ3v) is 5.26. The van der Waals surface area contributed by atoms with Crippen LogP contribution in [0.2, 0.25) is 0 Å². The zero-order chi connectivity index (χ0) is 19.4. The van der Waals surface area contributed by atoms with Gasteiger partial charge in [-0.2, -0.15) is 0 Å². The highest BCUT2D eigenvalue weighted by Gasteiger charge is 2.24. The molecule has 1 N–H and O–H groups in total. The molecule has 146 valence electrons. The Hall–Kier alpha value is -2.06. The van der Waals surface area contributed by atoms with Crippen molar-refractivity contribution in [3.8, 4) is 0 Å². The van der Waals surface area contributed by atoms with E-state index < -0.39 is 21.7 Å². The highest BCUT2D eigenvalue weighted by atomic mass is 32.2. The Balaban J connectivity index is 1.56. The summed E-state index contributed by atoms with van der Waals surface area (Å²) >= 11 is 0. The lowest BCUT2D eigenvalue weighted by molar-refractivity contribution is 0.0120. The Morgan fingerprint density at radius 1 is 1.15 bits per heavy atom. The standard InChI is InChI=1S/C19H22F2N2O3S/c1-27(24,25)23-18-3-2-8-22-19(18)12-26-17-6-4-13(5-7-17)14-9-15(20)11-16(21)10-14/h2-3,8-11,13,17,23H,4-7,12H2,1H3. The maximum atomic E-state index is 13.4. The topological polar surface area (TPSA) is 68.3 Å². The summed E-state index contributed by atoms with van der Waals surface area (Å²) in [6.45, 7) is 0.197. The van der Waals surface area contributed by atoms with Crippen LogP contribution in [0.25, 0.3) is 0 Å². The molecule has 0 unspecified atom stereocenters. The van der Waals surface area contributed by atoms with Gasteiger partial charge in [0, 0.05) is 12.3 Å². The molecule has 27 heavy (non-hydrogen) atoms. The highest BCUT2D eigenvalue weighted by Crippen LogP contribution is 2.35. The summed E-state index contributed by atoms with van der Waals surface area (Å²) in [6, 6.07) is 6.97. The van der Waals surface area contributed by atoms with Crippen molar-refractivity contribution in [2.75, 3.05) is 11.0 Å². The van der Waals surface area contributed by atoms with Crippen LogP contribution in [0.15, 0.2) is 36.5 Å². The number of sulfonamides is 1. The lowest BCUT2D eigenvalue weighted by Gasteiger charge is -2.29. The molecular weight excluding hydrogens is 374 g/mol. The first kappa shape index (κ1) is 19.7. The molecule has 0 radical (unpaired) electrons. The van der Waals surface area contributed by atoms with Crippen LogP contribution < -0.4 is 4.72 Å². The summed E-state index contributed by atoms with van der Waals surface area (Å²) in [5, 5.41) is 0. The Bertz CT molecular complexity index is 877. The average molecular weight is 396 g/mol. The van der Waals surface area contributed by atoms with Crippen LogP contribution in [0.4, 0.5) is 14.5 Å². The number of nitrogens with zero attached hydrogens (tertiary/aromatic N) is 1. The van der Waals surface area contributed by atoms with Crippen molar-refractivity contribution in [3.63, 3.8) is 0 Å². The predicted octanol–water partition coefficient (Wildman–Crippen LogP) is 3.97. The second-order valence-corrected chi connectivity index (χ2v) is 8.61. The molecule has 2 aromatic rings. The van der Waals surface area contributed by atoms with Gasteiger partial charge in [-0.3, -0.25) is 9.71 Å². The zero-order valence-corrected chi connectivity index (χ0v) is 15.8. The molecule has 0 amide bonds. The fourth-order valence-electron chi connectivity index (χ4n) is 3.42. The second-order valence-electron chi connectivity index (χ2n) is 6.86. The second kappa shape index (κ2) is 8.31. The van der Waals surface area contributed by atoms with Crippen molar-refractivity contribution in [2.24, 2.45) is 0 Å². The van der Waals surface area contributed by atoms with E-state index in [1.807, 2.05) is 0 Å². The third kappa shape index (κ3) is 5.71. The number of benzene rings is 1. The molecule has 0 aliphatic heterocycles. The van der Waals surface area contributed by atoms with Gasteiger partial charge in [0.15, 0.2) is 0 Å². The molecule has 5 nitrogen and oxygen atoms in total. The normalized spacial score (nSPS) is 20.4. The van der Waals surface area contributed by atoms with E-state index in [0.717, 1.165) is 38.0 Å². The van der Waals surface area contributed by atoms with Crippen LogP contribution in [-0.2, 0) is 21.4 Å². The van der Waals surface area contributed by atoms with E-state index in [0.29, 0.717) is 16.9 Å². The maximum absolute atomic E-state index is 13.4. The van der Waals surface area contributed by atoms with Crippen molar-refractivity contribution in [3.05, 3.63) is 59.4 Å². The van der Waals surface area contributed by atoms with Gasteiger partial charge in [-0.25, -0.2) is 17.2 Å². The maximum Gasteiger partial charge on any atom is 0.229 e. The number of pyridine rings is 1. The van der Waals surface area contributed by atoms with Gasteiger partial charge in [0.2, 0.25) is 10.0 Å². The van der Waals surface area contributed by atoms with E-state index in [1.54, 1.807) is 18.3 Å². The number of anilines is 1. The van der Waals surface area contributed by atoms with E-state index in [2.05, 4.69) is 9.71 Å². The molecule has 1 heterocycles. The first-order chi connectivity index (χ1) is 12.8. The summed E-state index contributed by atoms with van der Waals surface area (Å²) in [5.41, 5.74) is 1.62. The first-order valence-corrected chi connectivity index (χ1v) is 10.7. The fraction of sp³-hybridized carbons (Fsp3) is 0.421. The van der Waals surface area contributed by atoms with Crippen molar-refractivity contribution in [1.29, 1.82) is 0 Å². The molecule has 0 spiro atoms. The number of ether oxygens (including phenoxy) is 1. The van der Waals surface area contributed by atoms with Gasteiger partial charge >= 0.3 is 0 Å². The predicted molar refractivity (Wildman–Crippen MR) is 98.8 cm³/mol. The molecule has 1 aliphatic carbocycles. The number of rotatable bonds is 6. The monoisotopic (exact) mass is 396 g/mol. The van der Waals surface area contributed by atoms with E-state index in [-0.39, 0.29) is 18.6 Å². The van der Waals surface area contributed by atoms with Gasteiger partial charge < -0.3 is 4.74 Å². The largest absolute Gasteiger partial charge is 0.372 e. The minimum atomic E-state index is -3.39. The average Bonchev–Trinajstić information content (AvgIpc) is 2.59. The Morgan fingerprint density at radius 2 is 1.81 bits per heavy atom. The molecule has 0 saturated heterocycles. The van der Waals surface area contributed by atoms with Crippen molar-refractivity contribution in [2.45, 2.75) is 44.3 Å². The minimum absolute atomic E-state index is 0.00717. The number of hydrogen-bond donors (Lipinski definition) is 1.